The van der Waals surface area contributed by atoms with E-state index in [1.807, 2.05) is 0 Å². The Balaban J connectivity index is 2.35. The number of sulfonamides is 1. The minimum Gasteiger partial charge on any atom is -0.390 e. The molecule has 0 saturated heterocycles. The Kier molecular flexibility index (Phi) is 9.57. The third-order valence-corrected chi connectivity index (χ3v) is 6.64. The van der Waals surface area contributed by atoms with Crippen molar-refractivity contribution in [3.05, 3.63) is 41.2 Å². The third-order valence-electron chi connectivity index (χ3n) is 4.55. The van der Waals surface area contributed by atoms with Crippen molar-refractivity contribution in [3.63, 3.8) is 0 Å². The summed E-state index contributed by atoms with van der Waals surface area (Å²) in [5.74, 6) is -0.634. The number of amides is 1. The van der Waals surface area contributed by atoms with Crippen LogP contribution >= 0.6 is 23.1 Å². The van der Waals surface area contributed by atoms with Crippen LogP contribution in [-0.2, 0) is 10.0 Å². The highest BCUT2D eigenvalue weighted by atomic mass is 32.2. The molecule has 5 unspecified atom stereocenters. The monoisotopic (exact) mass is 522 g/mol. The lowest BCUT2D eigenvalue weighted by molar-refractivity contribution is -0.204. The molecule has 2 heterocycles. The van der Waals surface area contributed by atoms with Crippen molar-refractivity contribution in [1.82, 2.24) is 15.3 Å². The van der Waals surface area contributed by atoms with Crippen LogP contribution in [0.15, 0.2) is 29.9 Å². The number of aliphatic hydroxyl groups excluding tert-OH is 4. The van der Waals surface area contributed by atoms with Gasteiger partial charge in [0.2, 0.25) is 10.0 Å². The lowest BCUT2D eigenvalue weighted by Gasteiger charge is -2.40. The van der Waals surface area contributed by atoms with E-state index in [0.717, 1.165) is 17.6 Å². The summed E-state index contributed by atoms with van der Waals surface area (Å²) in [5.41, 5.74) is -3.14. The average molecular weight is 523 g/mol. The molecule has 0 saturated carbocycles. The highest BCUT2D eigenvalue weighted by Crippen LogP contribution is 2.30. The first-order valence-corrected chi connectivity index (χ1v) is 13.6. The average Bonchev–Trinajstić information content (AvgIpc) is 3.23. The van der Waals surface area contributed by atoms with E-state index in [1.54, 1.807) is 6.26 Å². The summed E-state index contributed by atoms with van der Waals surface area (Å²) in [6.07, 6.45) is -2.22. The second-order valence-corrected chi connectivity index (χ2v) is 10.8. The molecule has 7 N–H and O–H groups in total. The molecule has 2 aromatic rings. The van der Waals surface area contributed by atoms with Crippen molar-refractivity contribution in [3.8, 4) is 0 Å². The molecule has 0 bridgehead atoms. The maximum absolute atomic E-state index is 12.8. The fourth-order valence-corrected chi connectivity index (χ4v) is 4.83. The second kappa shape index (κ2) is 11.5. The molecule has 0 aromatic carbocycles. The maximum atomic E-state index is 12.8. The first kappa shape index (κ1) is 27.4. The quantitative estimate of drug-likeness (QED) is 0.167. The van der Waals surface area contributed by atoms with Gasteiger partial charge in [-0.15, -0.1) is 11.3 Å². The molecule has 184 valence electrons. The number of pyridine rings is 1. The van der Waals surface area contributed by atoms with Gasteiger partial charge in [0.1, 0.15) is 24.0 Å². The minimum atomic E-state index is -3.65. The van der Waals surface area contributed by atoms with Crippen LogP contribution in [0.25, 0.3) is 0 Å². The smallest absolute Gasteiger partial charge is 0.273 e. The van der Waals surface area contributed by atoms with Gasteiger partial charge < -0.3 is 30.8 Å². The summed E-state index contributed by atoms with van der Waals surface area (Å²) in [6, 6.07) is 2.64. The number of carbonyl (C=O) groups excluding carboxylic acids is 1. The second-order valence-electron chi connectivity index (χ2n) is 7.16. The van der Waals surface area contributed by atoms with Crippen LogP contribution in [0.4, 0.5) is 5.13 Å². The Morgan fingerprint density at radius 2 is 1.88 bits per heavy atom. The number of nitrogens with one attached hydrogen (secondary N) is 2. The van der Waals surface area contributed by atoms with E-state index in [2.05, 4.69) is 20.0 Å². The standard InChI is InChI=1S/C18H26N4O8S3/c1-31-8-5-12(23)13(24)15(26)18(28,14(25)10-3-6-19-7-4-10)21-16(27)11-9-32-17(20-11)22-33(2,29)30/h3-4,6-7,9,12-15,23-26,28H,5,8H2,1-2H3,(H,20,22)(H,21,27). The van der Waals surface area contributed by atoms with Crippen molar-refractivity contribution < 1.29 is 38.7 Å². The Bertz CT molecular complexity index is 1020. The first-order chi connectivity index (χ1) is 15.4. The van der Waals surface area contributed by atoms with Crippen LogP contribution in [0.2, 0.25) is 0 Å². The first-order valence-electron chi connectivity index (χ1n) is 9.48. The molecule has 2 aromatic heterocycles. The Morgan fingerprint density at radius 3 is 2.45 bits per heavy atom. The van der Waals surface area contributed by atoms with E-state index >= 15 is 0 Å². The zero-order chi connectivity index (χ0) is 24.8. The van der Waals surface area contributed by atoms with Gasteiger partial charge in [-0.3, -0.25) is 14.5 Å². The number of rotatable bonds is 12. The predicted octanol–water partition coefficient (Wildman–Crippen LogP) is -1.10. The van der Waals surface area contributed by atoms with Gasteiger partial charge in [-0.25, -0.2) is 13.4 Å². The van der Waals surface area contributed by atoms with Gasteiger partial charge in [0.25, 0.3) is 5.91 Å². The lowest BCUT2D eigenvalue weighted by Crippen LogP contribution is -2.65. The summed E-state index contributed by atoms with van der Waals surface area (Å²) < 4.78 is 24.8. The molecule has 0 aliphatic rings. The number of hydrogen-bond donors (Lipinski definition) is 7. The summed E-state index contributed by atoms with van der Waals surface area (Å²) in [4.78, 5) is 20.4. The summed E-state index contributed by atoms with van der Waals surface area (Å²) >= 11 is 2.18. The van der Waals surface area contributed by atoms with Crippen LogP contribution in [-0.4, -0.2) is 92.1 Å². The van der Waals surface area contributed by atoms with E-state index in [9.17, 15) is 38.7 Å². The van der Waals surface area contributed by atoms with Gasteiger partial charge in [0.05, 0.1) is 12.4 Å². The molecule has 0 radical (unpaired) electrons. The normalized spacial score (nSPS) is 17.4. The van der Waals surface area contributed by atoms with E-state index in [0.29, 0.717) is 5.75 Å². The zero-order valence-electron chi connectivity index (χ0n) is 17.7. The van der Waals surface area contributed by atoms with Gasteiger partial charge in [0.15, 0.2) is 10.9 Å². The molecule has 5 atom stereocenters. The molecule has 1 amide bonds. The molecule has 0 fully saturated rings. The molecule has 12 nitrogen and oxygen atoms in total. The van der Waals surface area contributed by atoms with Crippen LogP contribution in [0.1, 0.15) is 28.6 Å². The summed E-state index contributed by atoms with van der Waals surface area (Å²) in [5, 5.41) is 56.5. The number of anilines is 1. The molecule has 0 aliphatic heterocycles. The SMILES string of the molecule is CSCCC(O)C(O)C(O)C(O)(NC(=O)c1csc(NS(C)(=O)=O)n1)C(O)c1ccncc1. The number of thioether (sulfide) groups is 1. The molecule has 0 aliphatic carbocycles. The largest absolute Gasteiger partial charge is 0.390 e. The van der Waals surface area contributed by atoms with Crippen molar-refractivity contribution >= 4 is 44.2 Å². The van der Waals surface area contributed by atoms with Crippen LogP contribution in [0, 0.1) is 0 Å². The highest BCUT2D eigenvalue weighted by Gasteiger charge is 2.49. The number of carbonyl (C=O) groups is 1. The van der Waals surface area contributed by atoms with Gasteiger partial charge in [0, 0.05) is 17.8 Å². The molecule has 15 heteroatoms. The van der Waals surface area contributed by atoms with Gasteiger partial charge in [-0.2, -0.15) is 11.8 Å². The Morgan fingerprint density at radius 1 is 1.24 bits per heavy atom. The number of nitrogens with zero attached hydrogens (tertiary/aromatic N) is 2. The number of hydrogen-bond acceptors (Lipinski definition) is 12. The van der Waals surface area contributed by atoms with E-state index in [-0.39, 0.29) is 22.8 Å². The van der Waals surface area contributed by atoms with Crippen LogP contribution in [0.5, 0.6) is 0 Å². The molecular weight excluding hydrogens is 496 g/mol. The van der Waals surface area contributed by atoms with Crippen molar-refractivity contribution in [2.45, 2.75) is 36.6 Å². The fraction of sp³-hybridized carbons (Fsp3) is 0.500. The number of aliphatic hydroxyl groups is 5. The topological polar surface area (TPSA) is 202 Å². The molecule has 33 heavy (non-hydrogen) atoms. The zero-order valence-corrected chi connectivity index (χ0v) is 20.1. The van der Waals surface area contributed by atoms with Gasteiger partial charge in [-0.05, 0) is 36.1 Å². The minimum absolute atomic E-state index is 0.0513. The molecule has 0 spiro atoms. The summed E-state index contributed by atoms with van der Waals surface area (Å²) in [6.45, 7) is 0. The third kappa shape index (κ3) is 7.31. The van der Waals surface area contributed by atoms with Crippen LogP contribution < -0.4 is 10.0 Å². The number of thiazole rings is 1. The van der Waals surface area contributed by atoms with Crippen LogP contribution in [0.3, 0.4) is 0 Å². The van der Waals surface area contributed by atoms with E-state index < -0.39 is 46.1 Å². The molecule has 2 rings (SSSR count). The Hall–Kier alpha value is -1.85. The predicted molar refractivity (Wildman–Crippen MR) is 123 cm³/mol. The highest BCUT2D eigenvalue weighted by molar-refractivity contribution is 7.98. The fourth-order valence-electron chi connectivity index (χ4n) is 2.81. The van der Waals surface area contributed by atoms with Crippen molar-refractivity contribution in [2.24, 2.45) is 0 Å². The van der Waals surface area contributed by atoms with Gasteiger partial charge >= 0.3 is 0 Å². The van der Waals surface area contributed by atoms with Gasteiger partial charge in [-0.1, -0.05) is 0 Å². The Labute approximate surface area is 198 Å². The lowest BCUT2D eigenvalue weighted by atomic mass is 9.88. The summed E-state index contributed by atoms with van der Waals surface area (Å²) in [7, 11) is -3.65. The van der Waals surface area contributed by atoms with E-state index in [1.165, 1.54) is 41.7 Å². The maximum Gasteiger partial charge on any atom is 0.273 e. The number of aromatic nitrogens is 2. The molecular formula is C18H26N4O8S3. The van der Waals surface area contributed by atoms with Crippen molar-refractivity contribution in [1.29, 1.82) is 0 Å². The van der Waals surface area contributed by atoms with E-state index in [4.69, 9.17) is 0 Å². The van der Waals surface area contributed by atoms with Crippen molar-refractivity contribution in [2.75, 3.05) is 23.0 Å².